The summed E-state index contributed by atoms with van der Waals surface area (Å²) in [6.07, 6.45) is 2.88. The van der Waals surface area contributed by atoms with E-state index < -0.39 is 11.8 Å². The van der Waals surface area contributed by atoms with Gasteiger partial charge >= 0.3 is 5.97 Å². The number of amides is 1. The minimum atomic E-state index is -0.714. The van der Waals surface area contributed by atoms with Gasteiger partial charge in [0.05, 0.1) is 11.6 Å². The number of carbonyl (C=O) groups excluding carboxylic acids is 2. The number of carbonyl (C=O) groups is 2. The zero-order valence-corrected chi connectivity index (χ0v) is 13.1. The molecule has 0 saturated heterocycles. The highest BCUT2D eigenvalue weighted by Gasteiger charge is 2.21. The van der Waals surface area contributed by atoms with Crippen molar-refractivity contribution in [2.75, 3.05) is 6.61 Å². The fraction of sp³-hybridized carbons (Fsp3) is 0.263. The zero-order valence-electron chi connectivity index (χ0n) is 13.1. The van der Waals surface area contributed by atoms with E-state index in [2.05, 4.69) is 11.4 Å². The van der Waals surface area contributed by atoms with Crippen LogP contribution in [-0.4, -0.2) is 18.5 Å². The van der Waals surface area contributed by atoms with Crippen LogP contribution in [0, 0.1) is 5.82 Å². The van der Waals surface area contributed by atoms with E-state index >= 15 is 0 Å². The fourth-order valence-corrected chi connectivity index (χ4v) is 2.97. The molecule has 0 bridgehead atoms. The highest BCUT2D eigenvalue weighted by atomic mass is 19.1. The molecule has 24 heavy (non-hydrogen) atoms. The lowest BCUT2D eigenvalue weighted by molar-refractivity contribution is -0.125. The number of halogens is 1. The minimum absolute atomic E-state index is 0.0599. The molecular formula is C19H18FNO3. The van der Waals surface area contributed by atoms with E-state index in [9.17, 15) is 14.0 Å². The first-order chi connectivity index (χ1) is 11.6. The van der Waals surface area contributed by atoms with Gasteiger partial charge in [0, 0.05) is 0 Å². The van der Waals surface area contributed by atoms with Gasteiger partial charge < -0.3 is 10.1 Å². The van der Waals surface area contributed by atoms with Crippen LogP contribution >= 0.6 is 0 Å². The molecule has 3 rings (SSSR count). The lowest BCUT2D eigenvalue weighted by Crippen LogP contribution is -2.34. The maximum atomic E-state index is 13.1. The van der Waals surface area contributed by atoms with Crippen molar-refractivity contribution in [3.8, 4) is 0 Å². The molecule has 0 radical (unpaired) electrons. The summed E-state index contributed by atoms with van der Waals surface area (Å²) in [5, 5.41) is 2.90. The van der Waals surface area contributed by atoms with Gasteiger partial charge in [0.15, 0.2) is 6.61 Å². The summed E-state index contributed by atoms with van der Waals surface area (Å²) >= 11 is 0. The lowest BCUT2D eigenvalue weighted by atomic mass is 9.88. The van der Waals surface area contributed by atoms with Gasteiger partial charge in [-0.25, -0.2) is 9.18 Å². The maximum absolute atomic E-state index is 13.1. The molecule has 2 aromatic rings. The molecule has 0 aliphatic heterocycles. The number of nitrogens with one attached hydrogen (secondary N) is 1. The predicted molar refractivity (Wildman–Crippen MR) is 86.9 cm³/mol. The first-order valence-corrected chi connectivity index (χ1v) is 7.93. The second kappa shape index (κ2) is 7.25. The molecule has 5 heteroatoms. The molecule has 4 nitrogen and oxygen atoms in total. The molecule has 1 aliphatic carbocycles. The van der Waals surface area contributed by atoms with Crippen molar-refractivity contribution >= 4 is 11.9 Å². The molecule has 1 aliphatic rings. The standard InChI is InChI=1S/C19H18FNO3/c20-15-8-3-7-14(11-15)19(23)24-12-18(22)21-17-10-4-6-13-5-1-2-9-16(13)17/h1-3,5,7-9,11,17H,4,6,10,12H2,(H,21,22). The molecule has 1 unspecified atom stereocenters. The number of ether oxygens (including phenoxy) is 1. The van der Waals surface area contributed by atoms with E-state index in [1.807, 2.05) is 18.2 Å². The topological polar surface area (TPSA) is 55.4 Å². The quantitative estimate of drug-likeness (QED) is 0.878. The second-order valence-electron chi connectivity index (χ2n) is 5.80. The van der Waals surface area contributed by atoms with Gasteiger partial charge in [-0.2, -0.15) is 0 Å². The Labute approximate surface area is 139 Å². The van der Waals surface area contributed by atoms with Crippen molar-refractivity contribution < 1.29 is 18.7 Å². The van der Waals surface area contributed by atoms with Crippen LogP contribution in [0.25, 0.3) is 0 Å². The normalized spacial score (nSPS) is 16.1. The van der Waals surface area contributed by atoms with Crippen molar-refractivity contribution in [1.82, 2.24) is 5.32 Å². The average Bonchev–Trinajstić information content (AvgIpc) is 2.60. The SMILES string of the molecule is O=C(COC(=O)c1cccc(F)c1)NC1CCCc2ccccc21. The van der Waals surface area contributed by atoms with Crippen LogP contribution in [0.3, 0.4) is 0 Å². The first kappa shape index (κ1) is 16.2. The van der Waals surface area contributed by atoms with Crippen molar-refractivity contribution in [3.05, 3.63) is 71.0 Å². The van der Waals surface area contributed by atoms with Crippen LogP contribution in [0.2, 0.25) is 0 Å². The monoisotopic (exact) mass is 327 g/mol. The summed E-state index contributed by atoms with van der Waals surface area (Å²) in [4.78, 5) is 23.9. The van der Waals surface area contributed by atoms with E-state index in [-0.39, 0.29) is 24.1 Å². The van der Waals surface area contributed by atoms with Gasteiger partial charge in [0.1, 0.15) is 5.82 Å². The zero-order chi connectivity index (χ0) is 16.9. The Morgan fingerprint density at radius 3 is 2.83 bits per heavy atom. The van der Waals surface area contributed by atoms with Crippen LogP contribution in [0.5, 0.6) is 0 Å². The van der Waals surface area contributed by atoms with Crippen LogP contribution in [0.15, 0.2) is 48.5 Å². The third-order valence-electron chi connectivity index (χ3n) is 4.10. The molecule has 0 heterocycles. The van der Waals surface area contributed by atoms with Crippen LogP contribution in [0.1, 0.15) is 40.4 Å². The number of rotatable bonds is 4. The minimum Gasteiger partial charge on any atom is -0.452 e. The summed E-state index contributed by atoms with van der Waals surface area (Å²) in [6.45, 7) is -0.381. The molecule has 1 atom stereocenters. The molecule has 2 aromatic carbocycles. The number of benzene rings is 2. The van der Waals surface area contributed by atoms with Gasteiger partial charge in [0.2, 0.25) is 0 Å². The predicted octanol–water partition coefficient (Wildman–Crippen LogP) is 3.18. The van der Waals surface area contributed by atoms with Crippen LogP contribution in [-0.2, 0) is 16.0 Å². The molecule has 0 aromatic heterocycles. The van der Waals surface area contributed by atoms with Gasteiger partial charge in [-0.05, 0) is 48.6 Å². The number of fused-ring (bicyclic) bond motifs is 1. The molecule has 1 N–H and O–H groups in total. The van der Waals surface area contributed by atoms with Crippen LogP contribution in [0.4, 0.5) is 4.39 Å². The summed E-state index contributed by atoms with van der Waals surface area (Å²) in [5.41, 5.74) is 2.45. The fourth-order valence-electron chi connectivity index (χ4n) is 2.97. The lowest BCUT2D eigenvalue weighted by Gasteiger charge is -2.26. The van der Waals surface area contributed by atoms with Gasteiger partial charge in [0.25, 0.3) is 5.91 Å². The third-order valence-corrected chi connectivity index (χ3v) is 4.10. The Hall–Kier alpha value is -2.69. The summed E-state index contributed by atoms with van der Waals surface area (Å²) < 4.78 is 18.0. The van der Waals surface area contributed by atoms with E-state index in [1.54, 1.807) is 0 Å². The smallest absolute Gasteiger partial charge is 0.338 e. The second-order valence-corrected chi connectivity index (χ2v) is 5.80. The van der Waals surface area contributed by atoms with Gasteiger partial charge in [-0.15, -0.1) is 0 Å². The van der Waals surface area contributed by atoms with E-state index in [4.69, 9.17) is 4.74 Å². The van der Waals surface area contributed by atoms with E-state index in [0.717, 1.165) is 30.9 Å². The van der Waals surface area contributed by atoms with Crippen molar-refractivity contribution in [2.45, 2.75) is 25.3 Å². The molecule has 0 spiro atoms. The maximum Gasteiger partial charge on any atom is 0.338 e. The summed E-state index contributed by atoms with van der Waals surface area (Å²) in [6, 6.07) is 13.1. The molecule has 1 amide bonds. The van der Waals surface area contributed by atoms with Crippen molar-refractivity contribution in [3.63, 3.8) is 0 Å². The van der Waals surface area contributed by atoms with E-state index in [1.165, 1.54) is 23.8 Å². The molecular weight excluding hydrogens is 309 g/mol. The summed E-state index contributed by atoms with van der Waals surface area (Å²) in [5.74, 6) is -1.59. The highest BCUT2D eigenvalue weighted by molar-refractivity contribution is 5.91. The Morgan fingerprint density at radius 1 is 1.17 bits per heavy atom. The Balaban J connectivity index is 1.56. The Morgan fingerprint density at radius 2 is 2.00 bits per heavy atom. The Kier molecular flexibility index (Phi) is 4.89. The molecule has 0 saturated carbocycles. The van der Waals surface area contributed by atoms with Gasteiger partial charge in [-0.3, -0.25) is 4.79 Å². The highest BCUT2D eigenvalue weighted by Crippen LogP contribution is 2.29. The molecule has 0 fully saturated rings. The number of hydrogen-bond donors (Lipinski definition) is 1. The average molecular weight is 327 g/mol. The number of hydrogen-bond acceptors (Lipinski definition) is 3. The van der Waals surface area contributed by atoms with Gasteiger partial charge in [-0.1, -0.05) is 30.3 Å². The van der Waals surface area contributed by atoms with Crippen molar-refractivity contribution in [2.24, 2.45) is 0 Å². The molecule has 124 valence electrons. The Bertz CT molecular complexity index is 760. The number of esters is 1. The van der Waals surface area contributed by atoms with Crippen LogP contribution < -0.4 is 5.32 Å². The van der Waals surface area contributed by atoms with Crippen molar-refractivity contribution in [1.29, 1.82) is 0 Å². The number of aryl methyl sites for hydroxylation is 1. The largest absolute Gasteiger partial charge is 0.452 e. The first-order valence-electron chi connectivity index (χ1n) is 7.93. The summed E-state index contributed by atoms with van der Waals surface area (Å²) in [7, 11) is 0. The third kappa shape index (κ3) is 3.79. The van der Waals surface area contributed by atoms with E-state index in [0.29, 0.717) is 0 Å².